The second-order valence-corrected chi connectivity index (χ2v) is 5.81. The molecule has 20 heavy (non-hydrogen) atoms. The van der Waals surface area contributed by atoms with Crippen LogP contribution in [0.25, 0.3) is 0 Å². The van der Waals surface area contributed by atoms with Gasteiger partial charge in [0.15, 0.2) is 0 Å². The number of hydrogen-bond donors (Lipinski definition) is 3. The van der Waals surface area contributed by atoms with Crippen LogP contribution in [-0.2, 0) is 0 Å². The minimum absolute atomic E-state index is 0.0830. The molecule has 1 aromatic rings. The van der Waals surface area contributed by atoms with Crippen LogP contribution in [0, 0.1) is 19.8 Å². The third-order valence-electron chi connectivity index (χ3n) is 3.94. The molecule has 0 saturated heterocycles. The molecular weight excluding hydrogens is 252 g/mol. The fourth-order valence-corrected chi connectivity index (χ4v) is 3.00. The molecule has 0 bridgehead atoms. The highest BCUT2D eigenvalue weighted by Gasteiger charge is 2.25. The normalized spacial score (nSPS) is 22.4. The van der Waals surface area contributed by atoms with Crippen LogP contribution < -0.4 is 10.6 Å². The molecule has 4 heteroatoms. The van der Waals surface area contributed by atoms with Crippen LogP contribution >= 0.6 is 0 Å². The van der Waals surface area contributed by atoms with E-state index in [2.05, 4.69) is 16.7 Å². The number of nitrogens with one attached hydrogen (secondary N) is 2. The first kappa shape index (κ1) is 14.9. The highest BCUT2D eigenvalue weighted by atomic mass is 16.3. The molecule has 1 fully saturated rings. The summed E-state index contributed by atoms with van der Waals surface area (Å²) in [4.78, 5) is 12.1. The number of urea groups is 1. The molecule has 110 valence electrons. The topological polar surface area (TPSA) is 61.4 Å². The summed E-state index contributed by atoms with van der Waals surface area (Å²) in [6.07, 6.45) is 4.20. The van der Waals surface area contributed by atoms with E-state index in [4.69, 9.17) is 0 Å². The lowest BCUT2D eigenvalue weighted by atomic mass is 9.85. The largest absolute Gasteiger partial charge is 0.396 e. The first-order chi connectivity index (χ1) is 9.58. The molecule has 2 atom stereocenters. The van der Waals surface area contributed by atoms with Gasteiger partial charge in [0.1, 0.15) is 0 Å². The molecule has 1 aliphatic carbocycles. The highest BCUT2D eigenvalue weighted by Crippen LogP contribution is 2.24. The van der Waals surface area contributed by atoms with E-state index in [9.17, 15) is 9.90 Å². The first-order valence-electron chi connectivity index (χ1n) is 7.35. The molecule has 3 N–H and O–H groups in total. The first-order valence-corrected chi connectivity index (χ1v) is 7.35. The molecule has 0 aliphatic heterocycles. The van der Waals surface area contributed by atoms with Crippen molar-refractivity contribution in [3.8, 4) is 0 Å². The summed E-state index contributed by atoms with van der Waals surface area (Å²) in [6.45, 7) is 4.17. The number of amides is 2. The number of rotatable bonds is 3. The van der Waals surface area contributed by atoms with Crippen LogP contribution in [0.5, 0.6) is 0 Å². The molecule has 2 amide bonds. The molecular formula is C16H24N2O2. The third kappa shape index (κ3) is 3.97. The zero-order chi connectivity index (χ0) is 14.5. The maximum atomic E-state index is 12.1. The zero-order valence-electron chi connectivity index (χ0n) is 12.3. The van der Waals surface area contributed by atoms with Gasteiger partial charge in [-0.25, -0.2) is 4.79 Å². The Balaban J connectivity index is 1.94. The lowest BCUT2D eigenvalue weighted by Gasteiger charge is -2.30. The average molecular weight is 276 g/mol. The highest BCUT2D eigenvalue weighted by molar-refractivity contribution is 5.89. The van der Waals surface area contributed by atoms with Crippen molar-refractivity contribution in [3.05, 3.63) is 29.3 Å². The zero-order valence-corrected chi connectivity index (χ0v) is 12.3. The maximum Gasteiger partial charge on any atom is 0.319 e. The summed E-state index contributed by atoms with van der Waals surface area (Å²) in [5.41, 5.74) is 3.08. The maximum absolute atomic E-state index is 12.1. The number of aliphatic hydroxyl groups is 1. The number of carbonyl (C=O) groups excluding carboxylic acids is 1. The molecule has 0 spiro atoms. The summed E-state index contributed by atoms with van der Waals surface area (Å²) in [5.74, 6) is 0.189. The number of carbonyl (C=O) groups is 1. The second-order valence-electron chi connectivity index (χ2n) is 5.81. The van der Waals surface area contributed by atoms with E-state index < -0.39 is 0 Å². The van der Waals surface area contributed by atoms with Crippen LogP contribution in [0.1, 0.15) is 36.8 Å². The quantitative estimate of drug-likeness (QED) is 0.795. The van der Waals surface area contributed by atoms with Gasteiger partial charge in [-0.15, -0.1) is 0 Å². The molecule has 2 unspecified atom stereocenters. The van der Waals surface area contributed by atoms with E-state index in [-0.39, 0.29) is 24.6 Å². The van der Waals surface area contributed by atoms with E-state index in [1.165, 1.54) is 0 Å². The Labute approximate surface area is 120 Å². The third-order valence-corrected chi connectivity index (χ3v) is 3.94. The van der Waals surface area contributed by atoms with E-state index >= 15 is 0 Å². The van der Waals surface area contributed by atoms with Crippen LogP contribution in [0.2, 0.25) is 0 Å². The SMILES string of the molecule is Cc1cc(C)cc(NC(=O)NC2CCCCC2CO)c1. The molecule has 2 rings (SSSR count). The van der Waals surface area contributed by atoms with Crippen molar-refractivity contribution in [1.82, 2.24) is 5.32 Å². The van der Waals surface area contributed by atoms with Gasteiger partial charge in [-0.05, 0) is 49.9 Å². The van der Waals surface area contributed by atoms with Crippen molar-refractivity contribution in [3.63, 3.8) is 0 Å². The van der Waals surface area contributed by atoms with Crippen LogP contribution in [0.4, 0.5) is 10.5 Å². The Morgan fingerprint density at radius 3 is 2.50 bits per heavy atom. The van der Waals surface area contributed by atoms with Crippen LogP contribution in [0.3, 0.4) is 0 Å². The lowest BCUT2D eigenvalue weighted by Crippen LogP contribution is -2.45. The van der Waals surface area contributed by atoms with Crippen molar-refractivity contribution < 1.29 is 9.90 Å². The van der Waals surface area contributed by atoms with Crippen molar-refractivity contribution in [2.45, 2.75) is 45.6 Å². The lowest BCUT2D eigenvalue weighted by molar-refractivity contribution is 0.156. The van der Waals surface area contributed by atoms with Gasteiger partial charge in [0.05, 0.1) is 0 Å². The number of anilines is 1. The van der Waals surface area contributed by atoms with Crippen molar-refractivity contribution in [2.24, 2.45) is 5.92 Å². The Hall–Kier alpha value is -1.55. The summed E-state index contributed by atoms with van der Waals surface area (Å²) in [5, 5.41) is 15.2. The van der Waals surface area contributed by atoms with E-state index in [1.54, 1.807) is 0 Å². The second kappa shape index (κ2) is 6.75. The minimum Gasteiger partial charge on any atom is -0.396 e. The molecule has 4 nitrogen and oxygen atoms in total. The number of hydrogen-bond acceptors (Lipinski definition) is 2. The van der Waals surface area contributed by atoms with E-state index in [0.717, 1.165) is 42.5 Å². The summed E-state index contributed by atoms with van der Waals surface area (Å²) >= 11 is 0. The Morgan fingerprint density at radius 1 is 1.20 bits per heavy atom. The van der Waals surface area contributed by atoms with Crippen LogP contribution in [-0.4, -0.2) is 23.8 Å². The summed E-state index contributed by atoms with van der Waals surface area (Å²) in [6, 6.07) is 5.89. The Morgan fingerprint density at radius 2 is 1.85 bits per heavy atom. The Kier molecular flexibility index (Phi) is 5.01. The van der Waals surface area contributed by atoms with Gasteiger partial charge in [-0.1, -0.05) is 18.9 Å². The van der Waals surface area contributed by atoms with Crippen molar-refractivity contribution in [1.29, 1.82) is 0 Å². The van der Waals surface area contributed by atoms with Gasteiger partial charge in [0.2, 0.25) is 0 Å². The predicted octanol–water partition coefficient (Wildman–Crippen LogP) is 2.98. The van der Waals surface area contributed by atoms with Gasteiger partial charge in [0, 0.05) is 24.3 Å². The van der Waals surface area contributed by atoms with Gasteiger partial charge < -0.3 is 15.7 Å². The van der Waals surface area contributed by atoms with Gasteiger partial charge in [-0.2, -0.15) is 0 Å². The fraction of sp³-hybridized carbons (Fsp3) is 0.562. The molecule has 0 aromatic heterocycles. The molecule has 1 aromatic carbocycles. The van der Waals surface area contributed by atoms with Gasteiger partial charge in [-0.3, -0.25) is 0 Å². The van der Waals surface area contributed by atoms with Gasteiger partial charge >= 0.3 is 6.03 Å². The predicted molar refractivity (Wildman–Crippen MR) is 80.9 cm³/mol. The van der Waals surface area contributed by atoms with Crippen molar-refractivity contribution >= 4 is 11.7 Å². The van der Waals surface area contributed by atoms with Crippen LogP contribution in [0.15, 0.2) is 18.2 Å². The summed E-state index contributed by atoms with van der Waals surface area (Å²) in [7, 11) is 0. The number of aliphatic hydroxyl groups excluding tert-OH is 1. The Bertz CT molecular complexity index is 453. The molecule has 0 radical (unpaired) electrons. The van der Waals surface area contributed by atoms with Gasteiger partial charge in [0.25, 0.3) is 0 Å². The summed E-state index contributed by atoms with van der Waals surface area (Å²) < 4.78 is 0. The smallest absolute Gasteiger partial charge is 0.319 e. The fourth-order valence-electron chi connectivity index (χ4n) is 3.00. The van der Waals surface area contributed by atoms with E-state index in [1.807, 2.05) is 26.0 Å². The van der Waals surface area contributed by atoms with E-state index in [0.29, 0.717) is 0 Å². The minimum atomic E-state index is -0.180. The molecule has 1 aliphatic rings. The standard InChI is InChI=1S/C16H24N2O2/c1-11-7-12(2)9-14(8-11)17-16(20)18-15-6-4-3-5-13(15)10-19/h7-9,13,15,19H,3-6,10H2,1-2H3,(H2,17,18,20). The average Bonchev–Trinajstić information content (AvgIpc) is 2.37. The number of benzene rings is 1. The molecule has 0 heterocycles. The number of aryl methyl sites for hydroxylation is 2. The van der Waals surface area contributed by atoms with Crippen molar-refractivity contribution in [2.75, 3.05) is 11.9 Å². The monoisotopic (exact) mass is 276 g/mol. The molecule has 1 saturated carbocycles.